The van der Waals surface area contributed by atoms with E-state index in [4.69, 9.17) is 0 Å². The number of benzene rings is 1. The van der Waals surface area contributed by atoms with Crippen molar-refractivity contribution in [3.63, 3.8) is 0 Å². The predicted molar refractivity (Wildman–Crippen MR) is 45.8 cm³/mol. The zero-order chi connectivity index (χ0) is 7.97. The van der Waals surface area contributed by atoms with Gasteiger partial charge in [-0.05, 0) is 12.1 Å². The molecule has 0 aliphatic heterocycles. The molecule has 0 radical (unpaired) electrons. The molecule has 58 valence electrons. The molecule has 12 heavy (non-hydrogen) atoms. The number of para-hydroxylation sites is 1. The lowest BCUT2D eigenvalue weighted by Crippen LogP contribution is -2.18. The molecule has 0 saturated carbocycles. The van der Waals surface area contributed by atoms with Crippen LogP contribution in [0.25, 0.3) is 16.6 Å². The van der Waals surface area contributed by atoms with E-state index in [1.807, 2.05) is 29.0 Å². The van der Waals surface area contributed by atoms with Crippen molar-refractivity contribution in [3.8, 4) is 0 Å². The Labute approximate surface area is 68.6 Å². The van der Waals surface area contributed by atoms with Crippen LogP contribution in [-0.4, -0.2) is 10.1 Å². The van der Waals surface area contributed by atoms with E-state index >= 15 is 0 Å². The number of hydrogen-bond donors (Lipinski definition) is 2. The highest BCUT2D eigenvalue weighted by molar-refractivity contribution is 5.89. The maximum Gasteiger partial charge on any atom is 0.312 e. The molecule has 3 heteroatoms. The summed E-state index contributed by atoms with van der Waals surface area (Å²) in [6, 6.07) is 8.23. The second kappa shape index (κ2) is 1.88. The maximum absolute atomic E-state index is 3.24. The van der Waals surface area contributed by atoms with Gasteiger partial charge in [-0.25, -0.2) is 10.1 Å². The summed E-state index contributed by atoms with van der Waals surface area (Å²) in [5.74, 6) is 0. The second-order valence-electron chi connectivity index (χ2n) is 2.84. The summed E-state index contributed by atoms with van der Waals surface area (Å²) in [6.45, 7) is 0. The maximum atomic E-state index is 3.24. The molecule has 0 aliphatic carbocycles. The summed E-state index contributed by atoms with van der Waals surface area (Å²) in [6.07, 6.45) is 3.88. The van der Waals surface area contributed by atoms with Crippen molar-refractivity contribution >= 4 is 16.6 Å². The van der Waals surface area contributed by atoms with E-state index in [0.717, 1.165) is 11.2 Å². The minimum atomic E-state index is 1.12. The van der Waals surface area contributed by atoms with Gasteiger partial charge in [-0.1, -0.05) is 12.1 Å². The van der Waals surface area contributed by atoms with Crippen molar-refractivity contribution in [2.45, 2.75) is 0 Å². The summed E-state index contributed by atoms with van der Waals surface area (Å²) >= 11 is 0. The van der Waals surface area contributed by atoms with Crippen LogP contribution in [0.15, 0.2) is 36.7 Å². The lowest BCUT2D eigenvalue weighted by molar-refractivity contribution is -0.572. The lowest BCUT2D eigenvalue weighted by atomic mass is 10.2. The van der Waals surface area contributed by atoms with Crippen molar-refractivity contribution in [2.75, 3.05) is 0 Å². The Morgan fingerprint density at radius 3 is 3.08 bits per heavy atom. The molecule has 0 fully saturated rings. The summed E-state index contributed by atoms with van der Waals surface area (Å²) in [5.41, 5.74) is 2.27. The largest absolute Gasteiger partial charge is 0.312 e. The molecule has 0 amide bonds. The highest BCUT2D eigenvalue weighted by Gasteiger charge is 2.08. The van der Waals surface area contributed by atoms with Gasteiger partial charge in [-0.3, -0.25) is 0 Å². The quantitative estimate of drug-likeness (QED) is 0.462. The average Bonchev–Trinajstić information content (AvgIpc) is 2.62. The standard InChI is InChI=1S/C9H7N3/c1-2-4-8-7(3-1)9-10-5-6-12(9)11-8/h1-6H,(H,10,11)/p+1. The summed E-state index contributed by atoms with van der Waals surface area (Å²) in [4.78, 5) is 3.17. The second-order valence-corrected chi connectivity index (χ2v) is 2.84. The van der Waals surface area contributed by atoms with Gasteiger partial charge in [-0.2, -0.15) is 0 Å². The highest BCUT2D eigenvalue weighted by atomic mass is 15.3. The summed E-state index contributed by atoms with van der Waals surface area (Å²) in [5, 5.41) is 4.47. The van der Waals surface area contributed by atoms with Crippen molar-refractivity contribution in [3.05, 3.63) is 36.7 Å². The highest BCUT2D eigenvalue weighted by Crippen LogP contribution is 2.12. The summed E-state index contributed by atoms with van der Waals surface area (Å²) in [7, 11) is 0. The van der Waals surface area contributed by atoms with Gasteiger partial charge in [0, 0.05) is 0 Å². The van der Waals surface area contributed by atoms with Gasteiger partial charge in [0.2, 0.25) is 0 Å². The van der Waals surface area contributed by atoms with Crippen molar-refractivity contribution in [1.29, 1.82) is 0 Å². The first-order chi connectivity index (χ1) is 5.95. The van der Waals surface area contributed by atoms with Gasteiger partial charge in [0.15, 0.2) is 6.20 Å². The van der Waals surface area contributed by atoms with Crippen LogP contribution in [0.5, 0.6) is 0 Å². The molecule has 3 aromatic rings. The molecule has 2 heterocycles. The Balaban J connectivity index is 2.68. The third-order valence-electron chi connectivity index (χ3n) is 2.11. The van der Waals surface area contributed by atoms with Gasteiger partial charge in [0.05, 0.1) is 10.9 Å². The smallest absolute Gasteiger partial charge is 0.241 e. The number of H-pyrrole nitrogens is 2. The molecule has 0 saturated heterocycles. The SMILES string of the molecule is c1ccc2c(c1)[nH][n+]1cc[nH]c21. The Hall–Kier alpha value is -1.77. The number of nitrogens with one attached hydrogen (secondary N) is 2. The summed E-state index contributed by atoms with van der Waals surface area (Å²) < 4.78 is 1.98. The Morgan fingerprint density at radius 1 is 1.17 bits per heavy atom. The van der Waals surface area contributed by atoms with Crippen molar-refractivity contribution < 1.29 is 4.52 Å². The van der Waals surface area contributed by atoms with Crippen LogP contribution < -0.4 is 4.52 Å². The fourth-order valence-electron chi connectivity index (χ4n) is 1.55. The van der Waals surface area contributed by atoms with Crippen LogP contribution in [0.1, 0.15) is 0 Å². The molecule has 2 N–H and O–H groups in total. The van der Waals surface area contributed by atoms with Crippen molar-refractivity contribution in [1.82, 2.24) is 10.1 Å². The first-order valence-corrected chi connectivity index (χ1v) is 3.90. The van der Waals surface area contributed by atoms with Gasteiger partial charge < -0.3 is 0 Å². The Kier molecular flexibility index (Phi) is 0.913. The molecule has 1 aromatic carbocycles. The van der Waals surface area contributed by atoms with Gasteiger partial charge >= 0.3 is 5.65 Å². The predicted octanol–water partition coefficient (Wildman–Crippen LogP) is 1.23. The van der Waals surface area contributed by atoms with E-state index < -0.39 is 0 Å². The molecular formula is C9H8N3+. The molecular weight excluding hydrogens is 150 g/mol. The number of nitrogens with zero attached hydrogens (tertiary/aromatic N) is 1. The lowest BCUT2D eigenvalue weighted by Gasteiger charge is -1.80. The minimum absolute atomic E-state index is 1.12. The average molecular weight is 158 g/mol. The van der Waals surface area contributed by atoms with E-state index in [-0.39, 0.29) is 0 Å². The topological polar surface area (TPSA) is 35.7 Å². The van der Waals surface area contributed by atoms with E-state index in [0.29, 0.717) is 0 Å². The van der Waals surface area contributed by atoms with Crippen molar-refractivity contribution in [2.24, 2.45) is 0 Å². The number of aromatic nitrogens is 3. The first kappa shape index (κ1) is 5.83. The fraction of sp³-hybridized carbons (Fsp3) is 0. The number of hydrogen-bond acceptors (Lipinski definition) is 0. The molecule has 0 spiro atoms. The molecule has 0 unspecified atom stereocenters. The number of rotatable bonds is 0. The number of aromatic amines is 2. The van der Waals surface area contributed by atoms with Crippen LogP contribution in [0, 0.1) is 0 Å². The van der Waals surface area contributed by atoms with Crippen LogP contribution in [0.3, 0.4) is 0 Å². The van der Waals surface area contributed by atoms with Crippen LogP contribution >= 0.6 is 0 Å². The zero-order valence-corrected chi connectivity index (χ0v) is 6.41. The monoisotopic (exact) mass is 158 g/mol. The Morgan fingerprint density at radius 2 is 2.08 bits per heavy atom. The zero-order valence-electron chi connectivity index (χ0n) is 6.41. The third-order valence-corrected chi connectivity index (χ3v) is 2.11. The van der Waals surface area contributed by atoms with Gasteiger partial charge in [-0.15, -0.1) is 4.52 Å². The number of imidazole rings is 1. The van der Waals surface area contributed by atoms with E-state index in [2.05, 4.69) is 22.2 Å². The normalized spacial score (nSPS) is 11.3. The van der Waals surface area contributed by atoms with Gasteiger partial charge in [0.25, 0.3) is 0 Å². The van der Waals surface area contributed by atoms with Crippen LogP contribution in [0.2, 0.25) is 0 Å². The molecule has 2 aromatic heterocycles. The van der Waals surface area contributed by atoms with Crippen LogP contribution in [0.4, 0.5) is 0 Å². The molecule has 0 aliphatic rings. The van der Waals surface area contributed by atoms with Crippen LogP contribution in [-0.2, 0) is 0 Å². The van der Waals surface area contributed by atoms with E-state index in [1.165, 1.54) is 5.39 Å². The molecule has 3 nitrogen and oxygen atoms in total. The first-order valence-electron chi connectivity index (χ1n) is 3.90. The fourth-order valence-corrected chi connectivity index (χ4v) is 1.55. The van der Waals surface area contributed by atoms with Gasteiger partial charge in [0.1, 0.15) is 6.20 Å². The number of fused-ring (bicyclic) bond motifs is 3. The third kappa shape index (κ3) is 0.580. The minimum Gasteiger partial charge on any atom is -0.241 e. The molecule has 3 rings (SSSR count). The molecule has 0 bridgehead atoms. The Bertz CT molecular complexity index is 532. The van der Waals surface area contributed by atoms with E-state index in [9.17, 15) is 0 Å². The van der Waals surface area contributed by atoms with E-state index in [1.54, 1.807) is 0 Å². The molecule has 0 atom stereocenters.